The molecule has 0 saturated heterocycles. The van der Waals surface area contributed by atoms with Crippen LogP contribution in [0.5, 0.6) is 0 Å². The van der Waals surface area contributed by atoms with Crippen molar-refractivity contribution < 1.29 is 29.0 Å². The van der Waals surface area contributed by atoms with Gasteiger partial charge in [-0.1, -0.05) is 6.92 Å². The van der Waals surface area contributed by atoms with E-state index in [-0.39, 0.29) is 19.6 Å². The fourth-order valence-electron chi connectivity index (χ4n) is 1.38. The zero-order valence-corrected chi connectivity index (χ0v) is 10.3. The molecule has 17 heavy (non-hydrogen) atoms. The summed E-state index contributed by atoms with van der Waals surface area (Å²) in [6, 6.07) is 0. The maximum absolute atomic E-state index is 11.7. The summed E-state index contributed by atoms with van der Waals surface area (Å²) in [4.78, 5) is 34.2. The Bertz CT molecular complexity index is 298. The van der Waals surface area contributed by atoms with Gasteiger partial charge < -0.3 is 14.6 Å². The van der Waals surface area contributed by atoms with Crippen molar-refractivity contribution in [3.8, 4) is 0 Å². The average Bonchev–Trinajstić information content (AvgIpc) is 2.26. The Hall–Kier alpha value is -1.59. The van der Waals surface area contributed by atoms with E-state index in [2.05, 4.69) is 4.74 Å². The second-order valence-electron chi connectivity index (χ2n) is 3.44. The largest absolute Gasteiger partial charge is 0.480 e. The van der Waals surface area contributed by atoms with E-state index in [0.717, 1.165) is 0 Å². The monoisotopic (exact) mass is 246 g/mol. The van der Waals surface area contributed by atoms with Crippen LogP contribution in [-0.4, -0.2) is 36.2 Å². The summed E-state index contributed by atoms with van der Waals surface area (Å²) in [5.74, 6) is -2.99. The highest BCUT2D eigenvalue weighted by molar-refractivity contribution is 6.02. The van der Waals surface area contributed by atoms with E-state index in [1.165, 1.54) is 6.92 Å². The van der Waals surface area contributed by atoms with Crippen molar-refractivity contribution in [3.05, 3.63) is 0 Å². The first-order chi connectivity index (χ1) is 7.94. The lowest BCUT2D eigenvalue weighted by Gasteiger charge is -2.24. The second-order valence-corrected chi connectivity index (χ2v) is 3.44. The lowest BCUT2D eigenvalue weighted by atomic mass is 9.82. The Labute approximate surface area is 99.9 Å². The molecule has 0 amide bonds. The molecule has 0 radical (unpaired) electrons. The van der Waals surface area contributed by atoms with Crippen molar-refractivity contribution in [3.63, 3.8) is 0 Å². The van der Waals surface area contributed by atoms with Crippen molar-refractivity contribution >= 4 is 17.9 Å². The van der Waals surface area contributed by atoms with Gasteiger partial charge in [0.1, 0.15) is 0 Å². The molecule has 0 aliphatic heterocycles. The Morgan fingerprint density at radius 1 is 1.06 bits per heavy atom. The van der Waals surface area contributed by atoms with E-state index in [4.69, 9.17) is 9.84 Å². The highest BCUT2D eigenvalue weighted by Gasteiger charge is 2.48. The quantitative estimate of drug-likeness (QED) is 0.532. The molecule has 0 aromatic heterocycles. The van der Waals surface area contributed by atoms with Gasteiger partial charge in [-0.25, -0.2) is 0 Å². The molecule has 0 aromatic rings. The van der Waals surface area contributed by atoms with E-state index in [1.54, 1.807) is 13.8 Å². The van der Waals surface area contributed by atoms with Crippen LogP contribution in [0.15, 0.2) is 0 Å². The van der Waals surface area contributed by atoms with Gasteiger partial charge in [0.15, 0.2) is 5.41 Å². The molecule has 0 bridgehead atoms. The third-order valence-electron chi connectivity index (χ3n) is 2.43. The molecule has 0 aliphatic rings. The minimum Gasteiger partial charge on any atom is -0.480 e. The fraction of sp³-hybridized carbons (Fsp3) is 0.727. The number of ether oxygens (including phenoxy) is 2. The minimum atomic E-state index is -1.84. The fourth-order valence-corrected chi connectivity index (χ4v) is 1.38. The highest BCUT2D eigenvalue weighted by Crippen LogP contribution is 2.29. The standard InChI is InChI=1S/C11H18O6/c1-4-11(9(13)14,10(15)17-6-3)7-8(12)16-5-2/h4-7H2,1-3H3,(H,13,14). The predicted octanol–water partition coefficient (Wildman–Crippen LogP) is 0.984. The van der Waals surface area contributed by atoms with E-state index in [9.17, 15) is 14.4 Å². The number of carbonyl (C=O) groups excluding carboxylic acids is 2. The lowest BCUT2D eigenvalue weighted by molar-refractivity contribution is -0.174. The third kappa shape index (κ3) is 3.72. The third-order valence-corrected chi connectivity index (χ3v) is 2.43. The van der Waals surface area contributed by atoms with E-state index in [0.29, 0.717) is 0 Å². The van der Waals surface area contributed by atoms with E-state index < -0.39 is 29.7 Å². The first kappa shape index (κ1) is 15.4. The van der Waals surface area contributed by atoms with Gasteiger partial charge in [-0.15, -0.1) is 0 Å². The maximum atomic E-state index is 11.7. The Morgan fingerprint density at radius 2 is 1.59 bits per heavy atom. The predicted molar refractivity (Wildman–Crippen MR) is 58.2 cm³/mol. The number of rotatable bonds is 7. The van der Waals surface area contributed by atoms with Crippen molar-refractivity contribution in [2.45, 2.75) is 33.6 Å². The van der Waals surface area contributed by atoms with Gasteiger partial charge in [0, 0.05) is 0 Å². The lowest BCUT2D eigenvalue weighted by Crippen LogP contribution is -2.42. The molecule has 0 spiro atoms. The smallest absolute Gasteiger partial charge is 0.324 e. The van der Waals surface area contributed by atoms with Gasteiger partial charge in [0.2, 0.25) is 0 Å². The van der Waals surface area contributed by atoms with Crippen LogP contribution in [0, 0.1) is 5.41 Å². The van der Waals surface area contributed by atoms with Gasteiger partial charge >= 0.3 is 17.9 Å². The van der Waals surface area contributed by atoms with Gasteiger partial charge in [-0.3, -0.25) is 14.4 Å². The van der Waals surface area contributed by atoms with Crippen LogP contribution in [-0.2, 0) is 23.9 Å². The van der Waals surface area contributed by atoms with Gasteiger partial charge in [-0.2, -0.15) is 0 Å². The van der Waals surface area contributed by atoms with Crippen LogP contribution in [0.25, 0.3) is 0 Å². The molecule has 0 aliphatic carbocycles. The molecular formula is C11H18O6. The summed E-state index contributed by atoms with van der Waals surface area (Å²) in [5, 5.41) is 9.13. The van der Waals surface area contributed by atoms with Crippen molar-refractivity contribution in [2.24, 2.45) is 5.41 Å². The maximum Gasteiger partial charge on any atom is 0.324 e. The summed E-state index contributed by atoms with van der Waals surface area (Å²) < 4.78 is 9.38. The summed E-state index contributed by atoms with van der Waals surface area (Å²) in [6.07, 6.45) is -0.536. The molecule has 0 heterocycles. The summed E-state index contributed by atoms with van der Waals surface area (Å²) in [6.45, 7) is 4.91. The number of carbonyl (C=O) groups is 3. The van der Waals surface area contributed by atoms with Crippen molar-refractivity contribution in [1.82, 2.24) is 0 Å². The van der Waals surface area contributed by atoms with Gasteiger partial charge in [0.25, 0.3) is 0 Å². The summed E-state index contributed by atoms with van der Waals surface area (Å²) >= 11 is 0. The molecule has 0 rings (SSSR count). The van der Waals surface area contributed by atoms with Crippen molar-refractivity contribution in [2.75, 3.05) is 13.2 Å². The van der Waals surface area contributed by atoms with Crippen LogP contribution in [0.4, 0.5) is 0 Å². The number of hydrogen-bond donors (Lipinski definition) is 1. The Kier molecular flexibility index (Phi) is 6.23. The molecule has 0 saturated carbocycles. The van der Waals surface area contributed by atoms with E-state index >= 15 is 0 Å². The number of hydrogen-bond acceptors (Lipinski definition) is 5. The normalized spacial score (nSPS) is 13.6. The Morgan fingerprint density at radius 3 is 1.94 bits per heavy atom. The van der Waals surface area contributed by atoms with Crippen LogP contribution < -0.4 is 0 Å². The first-order valence-corrected chi connectivity index (χ1v) is 5.50. The van der Waals surface area contributed by atoms with Gasteiger partial charge in [-0.05, 0) is 20.3 Å². The molecule has 1 unspecified atom stereocenters. The van der Waals surface area contributed by atoms with Crippen LogP contribution >= 0.6 is 0 Å². The topological polar surface area (TPSA) is 89.9 Å². The number of esters is 2. The van der Waals surface area contributed by atoms with Crippen molar-refractivity contribution in [1.29, 1.82) is 0 Å². The molecule has 0 fully saturated rings. The van der Waals surface area contributed by atoms with Crippen LogP contribution in [0.1, 0.15) is 33.6 Å². The van der Waals surface area contributed by atoms with Crippen LogP contribution in [0.2, 0.25) is 0 Å². The molecule has 1 N–H and O–H groups in total. The number of carboxylic acid groups (broad SMARTS) is 1. The highest BCUT2D eigenvalue weighted by atomic mass is 16.5. The number of aliphatic carboxylic acids is 1. The minimum absolute atomic E-state index is 0.0278. The summed E-state index contributed by atoms with van der Waals surface area (Å²) in [7, 11) is 0. The zero-order chi connectivity index (χ0) is 13.5. The Balaban J connectivity index is 5.02. The summed E-state index contributed by atoms with van der Waals surface area (Å²) in [5.41, 5.74) is -1.84. The van der Waals surface area contributed by atoms with Crippen LogP contribution in [0.3, 0.4) is 0 Å². The molecule has 6 nitrogen and oxygen atoms in total. The molecule has 6 heteroatoms. The average molecular weight is 246 g/mol. The SMILES string of the molecule is CCOC(=O)CC(CC)(C(=O)O)C(=O)OCC. The molecule has 98 valence electrons. The zero-order valence-electron chi connectivity index (χ0n) is 10.3. The van der Waals surface area contributed by atoms with Gasteiger partial charge in [0.05, 0.1) is 19.6 Å². The molecule has 1 atom stereocenters. The second kappa shape index (κ2) is 6.88. The number of carboxylic acids is 1. The van der Waals surface area contributed by atoms with E-state index in [1.807, 2.05) is 0 Å². The molecular weight excluding hydrogens is 228 g/mol. The first-order valence-electron chi connectivity index (χ1n) is 5.50. The molecule has 0 aromatic carbocycles.